The Labute approximate surface area is 106 Å². The average Bonchev–Trinajstić information content (AvgIpc) is 2.78. The predicted octanol–water partition coefficient (Wildman–Crippen LogP) is -0.963. The number of aliphatic carboxylic acids is 1. The van der Waals surface area contributed by atoms with Gasteiger partial charge in [-0.25, -0.2) is 0 Å². The minimum atomic E-state index is -0.829. The Kier molecular flexibility index (Phi) is 4.33. The summed E-state index contributed by atoms with van der Waals surface area (Å²) in [5.41, 5.74) is 0. The molecular weight excluding hydrogens is 234 g/mol. The van der Waals surface area contributed by atoms with E-state index in [1.807, 2.05) is 0 Å². The van der Waals surface area contributed by atoms with Gasteiger partial charge >= 0.3 is 5.97 Å². The number of rotatable bonds is 4. The maximum absolute atomic E-state index is 11.8. The smallest absolute Gasteiger partial charge is 0.310 e. The highest BCUT2D eigenvalue weighted by atomic mass is 16.4. The van der Waals surface area contributed by atoms with Crippen LogP contribution in [0, 0.1) is 5.92 Å². The third kappa shape index (κ3) is 3.54. The standard InChI is InChI=1S/C12H19N3O3/c16-11(8-15-5-3-13-4-6-15)14-10-2-1-9(7-10)12(17)18/h1-2,9-10,13H,3-8H2,(H,14,16)(H,17,18). The molecule has 0 saturated carbocycles. The first-order valence-electron chi connectivity index (χ1n) is 6.29. The van der Waals surface area contributed by atoms with Gasteiger partial charge in [0.25, 0.3) is 0 Å². The van der Waals surface area contributed by atoms with Crippen molar-refractivity contribution in [2.45, 2.75) is 12.5 Å². The van der Waals surface area contributed by atoms with Gasteiger partial charge in [0, 0.05) is 32.2 Å². The van der Waals surface area contributed by atoms with Crippen molar-refractivity contribution in [3.63, 3.8) is 0 Å². The van der Waals surface area contributed by atoms with Crippen LogP contribution >= 0.6 is 0 Å². The van der Waals surface area contributed by atoms with Gasteiger partial charge in [-0.15, -0.1) is 0 Å². The van der Waals surface area contributed by atoms with E-state index in [4.69, 9.17) is 5.11 Å². The number of hydrogen-bond donors (Lipinski definition) is 3. The van der Waals surface area contributed by atoms with E-state index >= 15 is 0 Å². The first-order chi connectivity index (χ1) is 8.65. The van der Waals surface area contributed by atoms with Crippen molar-refractivity contribution in [3.8, 4) is 0 Å². The molecule has 0 bridgehead atoms. The molecule has 3 N–H and O–H groups in total. The number of piperazine rings is 1. The van der Waals surface area contributed by atoms with Crippen LogP contribution in [-0.2, 0) is 9.59 Å². The Bertz CT molecular complexity index is 350. The van der Waals surface area contributed by atoms with Crippen LogP contribution in [0.3, 0.4) is 0 Å². The molecule has 0 aromatic heterocycles. The third-order valence-electron chi connectivity index (χ3n) is 3.32. The largest absolute Gasteiger partial charge is 0.481 e. The molecule has 2 atom stereocenters. The van der Waals surface area contributed by atoms with Gasteiger partial charge in [-0.05, 0) is 6.42 Å². The van der Waals surface area contributed by atoms with Crippen LogP contribution in [-0.4, -0.2) is 60.6 Å². The van der Waals surface area contributed by atoms with Crippen molar-refractivity contribution in [1.82, 2.24) is 15.5 Å². The molecule has 0 radical (unpaired) electrons. The number of carboxylic acids is 1. The first-order valence-corrected chi connectivity index (χ1v) is 6.29. The molecule has 1 amide bonds. The number of carboxylic acid groups (broad SMARTS) is 1. The van der Waals surface area contributed by atoms with Gasteiger partial charge in [-0.2, -0.15) is 0 Å². The molecule has 2 rings (SSSR count). The lowest BCUT2D eigenvalue weighted by Crippen LogP contribution is -2.48. The monoisotopic (exact) mass is 253 g/mol. The molecule has 6 heteroatoms. The number of amides is 1. The Hall–Kier alpha value is -1.40. The summed E-state index contributed by atoms with van der Waals surface area (Å²) in [5, 5.41) is 14.9. The summed E-state index contributed by atoms with van der Waals surface area (Å²) >= 11 is 0. The summed E-state index contributed by atoms with van der Waals surface area (Å²) in [5.74, 6) is -1.32. The summed E-state index contributed by atoms with van der Waals surface area (Å²) in [7, 11) is 0. The van der Waals surface area contributed by atoms with Crippen molar-refractivity contribution in [2.24, 2.45) is 5.92 Å². The maximum Gasteiger partial charge on any atom is 0.310 e. The van der Waals surface area contributed by atoms with E-state index in [2.05, 4.69) is 15.5 Å². The zero-order chi connectivity index (χ0) is 13.0. The van der Waals surface area contributed by atoms with E-state index in [0.29, 0.717) is 13.0 Å². The summed E-state index contributed by atoms with van der Waals surface area (Å²) in [4.78, 5) is 24.7. The van der Waals surface area contributed by atoms with Crippen molar-refractivity contribution in [1.29, 1.82) is 0 Å². The molecular formula is C12H19N3O3. The highest BCUT2D eigenvalue weighted by Gasteiger charge is 2.25. The summed E-state index contributed by atoms with van der Waals surface area (Å²) < 4.78 is 0. The number of carbonyl (C=O) groups is 2. The van der Waals surface area contributed by atoms with Gasteiger partial charge in [-0.3, -0.25) is 14.5 Å². The molecule has 2 unspecified atom stereocenters. The molecule has 1 aliphatic carbocycles. The first kappa shape index (κ1) is 13.0. The van der Waals surface area contributed by atoms with Crippen LogP contribution in [0.5, 0.6) is 0 Å². The third-order valence-corrected chi connectivity index (χ3v) is 3.32. The van der Waals surface area contributed by atoms with E-state index in [1.54, 1.807) is 12.2 Å². The van der Waals surface area contributed by atoms with E-state index in [-0.39, 0.29) is 11.9 Å². The SMILES string of the molecule is O=C(CN1CCNCC1)NC1C=CC(C(=O)O)C1. The second kappa shape index (κ2) is 5.97. The molecule has 2 aliphatic rings. The maximum atomic E-state index is 11.8. The van der Waals surface area contributed by atoms with Crippen LogP contribution in [0.2, 0.25) is 0 Å². The highest BCUT2D eigenvalue weighted by Crippen LogP contribution is 2.17. The van der Waals surface area contributed by atoms with Gasteiger partial charge in [0.2, 0.25) is 5.91 Å². The normalized spacial score (nSPS) is 28.2. The highest BCUT2D eigenvalue weighted by molar-refractivity contribution is 5.79. The van der Waals surface area contributed by atoms with Crippen molar-refractivity contribution < 1.29 is 14.7 Å². The molecule has 1 fully saturated rings. The molecule has 1 heterocycles. The molecule has 1 saturated heterocycles. The lowest BCUT2D eigenvalue weighted by atomic mass is 10.1. The van der Waals surface area contributed by atoms with Crippen molar-refractivity contribution in [3.05, 3.63) is 12.2 Å². The lowest BCUT2D eigenvalue weighted by molar-refractivity contribution is -0.140. The number of nitrogens with one attached hydrogen (secondary N) is 2. The molecule has 0 aromatic carbocycles. The minimum Gasteiger partial charge on any atom is -0.481 e. The zero-order valence-electron chi connectivity index (χ0n) is 10.3. The van der Waals surface area contributed by atoms with Crippen LogP contribution < -0.4 is 10.6 Å². The van der Waals surface area contributed by atoms with Crippen LogP contribution in [0.15, 0.2) is 12.2 Å². The zero-order valence-corrected chi connectivity index (χ0v) is 10.3. The van der Waals surface area contributed by atoms with Crippen LogP contribution in [0.25, 0.3) is 0 Å². The van der Waals surface area contributed by atoms with Gasteiger partial charge in [0.05, 0.1) is 12.5 Å². The van der Waals surface area contributed by atoms with Crippen molar-refractivity contribution >= 4 is 11.9 Å². The lowest BCUT2D eigenvalue weighted by Gasteiger charge is -2.27. The summed E-state index contributed by atoms with van der Waals surface area (Å²) in [6, 6.07) is -0.137. The fourth-order valence-corrected chi connectivity index (χ4v) is 2.31. The number of carbonyl (C=O) groups excluding carboxylic acids is 1. The Morgan fingerprint density at radius 3 is 2.67 bits per heavy atom. The topological polar surface area (TPSA) is 81.7 Å². The summed E-state index contributed by atoms with van der Waals surface area (Å²) in [6.07, 6.45) is 3.88. The molecule has 6 nitrogen and oxygen atoms in total. The Balaban J connectivity index is 1.72. The number of hydrogen-bond acceptors (Lipinski definition) is 4. The van der Waals surface area contributed by atoms with E-state index in [0.717, 1.165) is 26.2 Å². The average molecular weight is 253 g/mol. The molecule has 100 valence electrons. The molecule has 18 heavy (non-hydrogen) atoms. The predicted molar refractivity (Wildman–Crippen MR) is 66.1 cm³/mol. The Morgan fingerprint density at radius 2 is 2.06 bits per heavy atom. The van der Waals surface area contributed by atoms with Gasteiger partial charge in [-0.1, -0.05) is 12.2 Å². The second-order valence-electron chi connectivity index (χ2n) is 4.77. The fraction of sp³-hybridized carbons (Fsp3) is 0.667. The molecule has 1 aliphatic heterocycles. The molecule has 0 aromatic rings. The van der Waals surface area contributed by atoms with Crippen molar-refractivity contribution in [2.75, 3.05) is 32.7 Å². The second-order valence-corrected chi connectivity index (χ2v) is 4.77. The molecule has 0 spiro atoms. The van der Waals surface area contributed by atoms with E-state index in [1.165, 1.54) is 0 Å². The van der Waals surface area contributed by atoms with Gasteiger partial charge in [0.15, 0.2) is 0 Å². The summed E-state index contributed by atoms with van der Waals surface area (Å²) in [6.45, 7) is 3.98. The quantitative estimate of drug-likeness (QED) is 0.562. The number of nitrogens with zero attached hydrogens (tertiary/aromatic N) is 1. The van der Waals surface area contributed by atoms with E-state index in [9.17, 15) is 9.59 Å². The Morgan fingerprint density at radius 1 is 1.33 bits per heavy atom. The fourth-order valence-electron chi connectivity index (χ4n) is 2.31. The van der Waals surface area contributed by atoms with Gasteiger partial charge in [0.1, 0.15) is 0 Å². The van der Waals surface area contributed by atoms with Crippen LogP contribution in [0.4, 0.5) is 0 Å². The van der Waals surface area contributed by atoms with E-state index < -0.39 is 11.9 Å². The van der Waals surface area contributed by atoms with Crippen LogP contribution in [0.1, 0.15) is 6.42 Å². The minimum absolute atomic E-state index is 0.0300. The van der Waals surface area contributed by atoms with Gasteiger partial charge < -0.3 is 15.7 Å².